The number of nitrogens with two attached hydrogens (primary N) is 1. The van der Waals surface area contributed by atoms with E-state index >= 15 is 0 Å². The van der Waals surface area contributed by atoms with Crippen molar-refractivity contribution in [2.75, 3.05) is 12.8 Å². The molecule has 3 N–H and O–H groups in total. The van der Waals surface area contributed by atoms with E-state index in [1.165, 1.54) is 0 Å². The van der Waals surface area contributed by atoms with Gasteiger partial charge in [0.15, 0.2) is 10.6 Å². The van der Waals surface area contributed by atoms with Crippen LogP contribution < -0.4 is 5.73 Å². The van der Waals surface area contributed by atoms with Gasteiger partial charge in [0.05, 0.1) is 0 Å². The molecule has 13 heavy (non-hydrogen) atoms. The number of phenolic OH excluding ortho intramolecular Hbond substituents is 1. The van der Waals surface area contributed by atoms with Crippen LogP contribution in [0.5, 0.6) is 5.75 Å². The van der Waals surface area contributed by atoms with Crippen LogP contribution >= 0.6 is 0 Å². The number of rotatable bonds is 3. The maximum atomic E-state index is 11.1. The zero-order chi connectivity index (χ0) is 9.84. The molecule has 0 radical (unpaired) electrons. The number of hydrogen-bond acceptors (Lipinski definition) is 3. The third-order valence-corrected chi connectivity index (χ3v) is 2.71. The highest BCUT2D eigenvalue weighted by Crippen LogP contribution is 2.23. The number of hydrogen-bond donors (Lipinski definition) is 2. The van der Waals surface area contributed by atoms with E-state index in [4.69, 9.17) is 5.73 Å². The molecule has 1 atom stereocenters. The Bertz CT molecular complexity index is 289. The second-order valence-electron chi connectivity index (χ2n) is 2.79. The summed E-state index contributed by atoms with van der Waals surface area (Å²) in [5.41, 5.74) is 6.39. The first-order valence-electron chi connectivity index (χ1n) is 4.00. The quantitative estimate of drug-likeness (QED) is 0.701. The SMILES string of the molecule is C[S+]([O-])c1cc(CCN)ccc1O. The van der Waals surface area contributed by atoms with Crippen molar-refractivity contribution in [2.24, 2.45) is 5.73 Å². The summed E-state index contributed by atoms with van der Waals surface area (Å²) < 4.78 is 11.1. The lowest BCUT2D eigenvalue weighted by Gasteiger charge is -2.07. The Morgan fingerprint density at radius 2 is 2.23 bits per heavy atom. The van der Waals surface area contributed by atoms with E-state index in [2.05, 4.69) is 0 Å². The van der Waals surface area contributed by atoms with Gasteiger partial charge in [-0.25, -0.2) is 0 Å². The minimum Gasteiger partial charge on any atom is -0.612 e. The summed E-state index contributed by atoms with van der Waals surface area (Å²) >= 11 is -1.15. The van der Waals surface area contributed by atoms with Gasteiger partial charge in [0.1, 0.15) is 6.26 Å². The molecule has 0 aromatic heterocycles. The summed E-state index contributed by atoms with van der Waals surface area (Å²) in [4.78, 5) is 0.478. The van der Waals surface area contributed by atoms with E-state index in [1.807, 2.05) is 0 Å². The third-order valence-electron chi connectivity index (χ3n) is 1.77. The molecule has 3 nitrogen and oxygen atoms in total. The summed E-state index contributed by atoms with van der Waals surface area (Å²) in [6.07, 6.45) is 2.28. The summed E-state index contributed by atoms with van der Waals surface area (Å²) in [7, 11) is 0. The summed E-state index contributed by atoms with van der Waals surface area (Å²) in [6.45, 7) is 0.556. The van der Waals surface area contributed by atoms with E-state index in [-0.39, 0.29) is 5.75 Å². The Hall–Kier alpha value is -0.710. The summed E-state index contributed by atoms with van der Waals surface area (Å²) in [5.74, 6) is 0.0848. The molecule has 0 spiro atoms. The van der Waals surface area contributed by atoms with E-state index in [9.17, 15) is 9.66 Å². The minimum atomic E-state index is -1.15. The predicted octanol–water partition coefficient (Wildman–Crippen LogP) is 0.631. The van der Waals surface area contributed by atoms with Crippen LogP contribution in [0.25, 0.3) is 0 Å². The predicted molar refractivity (Wildman–Crippen MR) is 53.2 cm³/mol. The lowest BCUT2D eigenvalue weighted by atomic mass is 10.1. The van der Waals surface area contributed by atoms with Gasteiger partial charge in [-0.15, -0.1) is 0 Å². The lowest BCUT2D eigenvalue weighted by Crippen LogP contribution is -2.04. The monoisotopic (exact) mass is 199 g/mol. The molecule has 72 valence electrons. The van der Waals surface area contributed by atoms with Gasteiger partial charge in [-0.3, -0.25) is 0 Å². The third kappa shape index (κ3) is 2.62. The van der Waals surface area contributed by atoms with Gasteiger partial charge in [0.25, 0.3) is 0 Å². The average Bonchev–Trinajstić information content (AvgIpc) is 2.08. The van der Waals surface area contributed by atoms with Gasteiger partial charge in [-0.1, -0.05) is 6.07 Å². The second kappa shape index (κ2) is 4.50. The fourth-order valence-corrected chi connectivity index (χ4v) is 1.79. The fourth-order valence-electron chi connectivity index (χ4n) is 1.11. The molecule has 1 aromatic carbocycles. The van der Waals surface area contributed by atoms with Gasteiger partial charge < -0.3 is 15.4 Å². The summed E-state index contributed by atoms with van der Waals surface area (Å²) in [6, 6.07) is 5.08. The Labute approximate surface area is 80.8 Å². The van der Waals surface area contributed by atoms with Gasteiger partial charge >= 0.3 is 0 Å². The van der Waals surface area contributed by atoms with Gasteiger partial charge in [-0.2, -0.15) is 0 Å². The first-order chi connectivity index (χ1) is 6.15. The zero-order valence-electron chi connectivity index (χ0n) is 7.49. The smallest absolute Gasteiger partial charge is 0.194 e. The molecule has 0 heterocycles. The van der Waals surface area contributed by atoms with Gasteiger partial charge in [0.2, 0.25) is 0 Å². The zero-order valence-corrected chi connectivity index (χ0v) is 8.30. The Morgan fingerprint density at radius 3 is 2.77 bits per heavy atom. The van der Waals surface area contributed by atoms with Crippen molar-refractivity contribution < 1.29 is 9.66 Å². The van der Waals surface area contributed by atoms with E-state index in [1.54, 1.807) is 24.5 Å². The standard InChI is InChI=1S/C9H13NO2S/c1-13(12)9-6-7(4-5-10)2-3-8(9)11/h2-3,6,11H,4-5,10H2,1H3. The maximum Gasteiger partial charge on any atom is 0.194 e. The number of aromatic hydroxyl groups is 1. The highest BCUT2D eigenvalue weighted by molar-refractivity contribution is 7.90. The molecule has 0 fully saturated rings. The first kappa shape index (κ1) is 10.4. The molecule has 0 aliphatic heterocycles. The van der Waals surface area contributed by atoms with Crippen molar-refractivity contribution in [3.8, 4) is 5.75 Å². The molecular weight excluding hydrogens is 186 g/mol. The number of benzene rings is 1. The van der Waals surface area contributed by atoms with E-state index < -0.39 is 11.2 Å². The van der Waals surface area contributed by atoms with Crippen LogP contribution in [0.3, 0.4) is 0 Å². The first-order valence-corrected chi connectivity index (χ1v) is 5.56. The molecule has 0 saturated heterocycles. The van der Waals surface area contributed by atoms with Crippen LogP contribution in [0.2, 0.25) is 0 Å². The summed E-state index contributed by atoms with van der Waals surface area (Å²) in [5, 5.41) is 9.35. The molecule has 4 heteroatoms. The molecule has 0 aliphatic rings. The normalized spacial score (nSPS) is 12.8. The molecule has 1 unspecified atom stereocenters. The molecule has 0 bridgehead atoms. The maximum absolute atomic E-state index is 11.1. The van der Waals surface area contributed by atoms with E-state index in [0.717, 1.165) is 12.0 Å². The molecule has 0 amide bonds. The van der Waals surface area contributed by atoms with Crippen molar-refractivity contribution in [1.29, 1.82) is 0 Å². The lowest BCUT2D eigenvalue weighted by molar-refractivity contribution is 0.458. The number of phenols is 1. The van der Waals surface area contributed by atoms with Crippen molar-refractivity contribution in [1.82, 2.24) is 0 Å². The van der Waals surface area contributed by atoms with Crippen molar-refractivity contribution in [2.45, 2.75) is 11.3 Å². The topological polar surface area (TPSA) is 69.3 Å². The Balaban J connectivity index is 2.97. The van der Waals surface area contributed by atoms with Crippen molar-refractivity contribution >= 4 is 11.2 Å². The van der Waals surface area contributed by atoms with Crippen molar-refractivity contribution in [3.63, 3.8) is 0 Å². The van der Waals surface area contributed by atoms with Crippen LogP contribution in [0, 0.1) is 0 Å². The average molecular weight is 199 g/mol. The van der Waals surface area contributed by atoms with Crippen molar-refractivity contribution in [3.05, 3.63) is 23.8 Å². The molecule has 0 aliphatic carbocycles. The van der Waals surface area contributed by atoms with Gasteiger partial charge in [-0.05, 0) is 35.8 Å². The van der Waals surface area contributed by atoms with Crippen LogP contribution in [0.4, 0.5) is 0 Å². The molecule has 1 rings (SSSR count). The Kier molecular flexibility index (Phi) is 3.59. The van der Waals surface area contributed by atoms with Crippen LogP contribution in [-0.4, -0.2) is 22.5 Å². The van der Waals surface area contributed by atoms with Crippen LogP contribution in [-0.2, 0) is 17.6 Å². The highest BCUT2D eigenvalue weighted by Gasteiger charge is 2.11. The van der Waals surface area contributed by atoms with E-state index in [0.29, 0.717) is 11.4 Å². The fraction of sp³-hybridized carbons (Fsp3) is 0.333. The second-order valence-corrected chi connectivity index (χ2v) is 4.14. The van der Waals surface area contributed by atoms with Gasteiger partial charge in [0, 0.05) is 6.07 Å². The van der Waals surface area contributed by atoms with Crippen LogP contribution in [0.1, 0.15) is 5.56 Å². The minimum absolute atomic E-state index is 0.0848. The largest absolute Gasteiger partial charge is 0.612 e. The molecule has 0 saturated carbocycles. The molecule has 1 aromatic rings. The Morgan fingerprint density at radius 1 is 1.54 bits per heavy atom. The molecular formula is C9H13NO2S. The van der Waals surface area contributed by atoms with Crippen LogP contribution in [0.15, 0.2) is 23.1 Å². The highest BCUT2D eigenvalue weighted by atomic mass is 32.2.